The SMILES string of the molecule is C#CCc1ccc(Cl)c(OC)c1. The molecular weight excluding hydrogens is 172 g/mol. The molecule has 0 unspecified atom stereocenters. The molecule has 0 bridgehead atoms. The van der Waals surface area contributed by atoms with Crippen LogP contribution < -0.4 is 4.74 Å². The minimum absolute atomic E-state index is 0.605. The molecule has 0 aliphatic heterocycles. The van der Waals surface area contributed by atoms with Gasteiger partial charge in [-0.2, -0.15) is 0 Å². The van der Waals surface area contributed by atoms with Gasteiger partial charge in [-0.3, -0.25) is 0 Å². The first kappa shape index (κ1) is 8.96. The zero-order valence-corrected chi connectivity index (χ0v) is 7.56. The average molecular weight is 181 g/mol. The molecule has 0 heterocycles. The first-order valence-corrected chi connectivity index (χ1v) is 3.91. The third-order valence-electron chi connectivity index (χ3n) is 1.52. The molecule has 1 nitrogen and oxygen atoms in total. The third kappa shape index (κ3) is 1.93. The minimum Gasteiger partial charge on any atom is -0.495 e. The molecule has 0 aliphatic rings. The summed E-state index contributed by atoms with van der Waals surface area (Å²) in [6.07, 6.45) is 5.77. The minimum atomic E-state index is 0.605. The molecular formula is C10H9ClO. The molecule has 0 N–H and O–H groups in total. The van der Waals surface area contributed by atoms with Crippen LogP contribution in [0.1, 0.15) is 5.56 Å². The van der Waals surface area contributed by atoms with Crippen LogP contribution in [0.25, 0.3) is 0 Å². The fraction of sp³-hybridized carbons (Fsp3) is 0.200. The lowest BCUT2D eigenvalue weighted by Gasteiger charge is -2.03. The van der Waals surface area contributed by atoms with Gasteiger partial charge in [-0.15, -0.1) is 12.3 Å². The van der Waals surface area contributed by atoms with Crippen molar-refractivity contribution in [3.63, 3.8) is 0 Å². The second-order valence-electron chi connectivity index (χ2n) is 2.35. The second kappa shape index (κ2) is 4.04. The lowest BCUT2D eigenvalue weighted by atomic mass is 10.1. The lowest BCUT2D eigenvalue weighted by molar-refractivity contribution is 0.414. The van der Waals surface area contributed by atoms with Gasteiger partial charge in [-0.05, 0) is 17.7 Å². The van der Waals surface area contributed by atoms with Crippen molar-refractivity contribution in [1.82, 2.24) is 0 Å². The summed E-state index contributed by atoms with van der Waals surface area (Å²) in [5.74, 6) is 3.23. The maximum Gasteiger partial charge on any atom is 0.137 e. The van der Waals surface area contributed by atoms with E-state index in [0.29, 0.717) is 17.2 Å². The van der Waals surface area contributed by atoms with Crippen LogP contribution in [0.5, 0.6) is 5.75 Å². The van der Waals surface area contributed by atoms with Crippen molar-refractivity contribution in [3.8, 4) is 18.1 Å². The lowest BCUT2D eigenvalue weighted by Crippen LogP contribution is -1.87. The Bertz CT molecular complexity index is 312. The summed E-state index contributed by atoms with van der Waals surface area (Å²) in [6.45, 7) is 0. The molecule has 0 aromatic heterocycles. The van der Waals surface area contributed by atoms with Gasteiger partial charge in [0.1, 0.15) is 5.75 Å². The molecule has 2 heteroatoms. The van der Waals surface area contributed by atoms with Crippen LogP contribution in [-0.4, -0.2) is 7.11 Å². The van der Waals surface area contributed by atoms with E-state index in [-0.39, 0.29) is 0 Å². The topological polar surface area (TPSA) is 9.23 Å². The van der Waals surface area contributed by atoms with Crippen molar-refractivity contribution in [2.45, 2.75) is 6.42 Å². The standard InChI is InChI=1S/C10H9ClO/c1-3-4-8-5-6-9(11)10(7-8)12-2/h1,5-7H,4H2,2H3. The first-order valence-electron chi connectivity index (χ1n) is 3.54. The summed E-state index contributed by atoms with van der Waals surface area (Å²) in [5, 5.41) is 0.610. The molecule has 0 fully saturated rings. The molecule has 0 saturated heterocycles. The van der Waals surface area contributed by atoms with Crippen molar-refractivity contribution in [2.24, 2.45) is 0 Å². The second-order valence-corrected chi connectivity index (χ2v) is 2.76. The summed E-state index contributed by atoms with van der Waals surface area (Å²) >= 11 is 5.82. The summed E-state index contributed by atoms with van der Waals surface area (Å²) < 4.78 is 5.03. The van der Waals surface area contributed by atoms with E-state index in [4.69, 9.17) is 22.8 Å². The predicted molar refractivity (Wildman–Crippen MR) is 50.5 cm³/mol. The van der Waals surface area contributed by atoms with Crippen molar-refractivity contribution in [2.75, 3.05) is 7.11 Å². The summed E-state index contributed by atoms with van der Waals surface area (Å²) in [6, 6.07) is 5.53. The van der Waals surface area contributed by atoms with Crippen molar-refractivity contribution in [3.05, 3.63) is 28.8 Å². The molecule has 62 valence electrons. The van der Waals surface area contributed by atoms with E-state index in [9.17, 15) is 0 Å². The summed E-state index contributed by atoms with van der Waals surface area (Å²) in [7, 11) is 1.58. The molecule has 1 aromatic rings. The van der Waals surface area contributed by atoms with E-state index in [1.165, 1.54) is 0 Å². The number of hydrogen-bond donors (Lipinski definition) is 0. The maximum atomic E-state index is 5.82. The van der Waals surface area contributed by atoms with E-state index < -0.39 is 0 Å². The Hall–Kier alpha value is -1.13. The van der Waals surface area contributed by atoms with Gasteiger partial charge in [0.15, 0.2) is 0 Å². The molecule has 1 rings (SSSR count). The maximum absolute atomic E-state index is 5.82. The molecule has 0 radical (unpaired) electrons. The van der Waals surface area contributed by atoms with Crippen molar-refractivity contribution < 1.29 is 4.74 Å². The highest BCUT2D eigenvalue weighted by atomic mass is 35.5. The van der Waals surface area contributed by atoms with Crippen molar-refractivity contribution >= 4 is 11.6 Å². The number of benzene rings is 1. The molecule has 0 amide bonds. The Morgan fingerprint density at radius 3 is 2.92 bits per heavy atom. The van der Waals surface area contributed by atoms with Gasteiger partial charge in [0.25, 0.3) is 0 Å². The quantitative estimate of drug-likeness (QED) is 0.636. The molecule has 0 spiro atoms. The third-order valence-corrected chi connectivity index (χ3v) is 1.83. The van der Waals surface area contributed by atoms with E-state index in [1.54, 1.807) is 13.2 Å². The Labute approximate surface area is 77.3 Å². The van der Waals surface area contributed by atoms with Gasteiger partial charge in [0.2, 0.25) is 0 Å². The molecule has 0 saturated carbocycles. The normalized spacial score (nSPS) is 9.08. The number of methoxy groups -OCH3 is 1. The highest BCUT2D eigenvalue weighted by molar-refractivity contribution is 6.32. The Morgan fingerprint density at radius 2 is 2.33 bits per heavy atom. The predicted octanol–water partition coefficient (Wildman–Crippen LogP) is 2.52. The molecule has 0 aliphatic carbocycles. The van der Waals surface area contributed by atoms with Gasteiger partial charge >= 0.3 is 0 Å². The summed E-state index contributed by atoms with van der Waals surface area (Å²) in [4.78, 5) is 0. The fourth-order valence-electron chi connectivity index (χ4n) is 0.932. The highest BCUT2D eigenvalue weighted by Gasteiger charge is 1.99. The van der Waals surface area contributed by atoms with Gasteiger partial charge in [0.05, 0.1) is 12.1 Å². The van der Waals surface area contributed by atoms with Crippen molar-refractivity contribution in [1.29, 1.82) is 0 Å². The van der Waals surface area contributed by atoms with Gasteiger partial charge in [0, 0.05) is 6.42 Å². The van der Waals surface area contributed by atoms with Crippen LogP contribution >= 0.6 is 11.6 Å². The van der Waals surface area contributed by atoms with Crippen LogP contribution in [0.4, 0.5) is 0 Å². The van der Waals surface area contributed by atoms with Crippen LogP contribution in [0.2, 0.25) is 5.02 Å². The number of hydrogen-bond acceptors (Lipinski definition) is 1. The van der Waals surface area contributed by atoms with Gasteiger partial charge in [-0.25, -0.2) is 0 Å². The van der Waals surface area contributed by atoms with Gasteiger partial charge < -0.3 is 4.74 Å². The molecule has 1 aromatic carbocycles. The first-order chi connectivity index (χ1) is 5.77. The van der Waals surface area contributed by atoms with E-state index >= 15 is 0 Å². The average Bonchev–Trinajstić information content (AvgIpc) is 2.09. The summed E-state index contributed by atoms with van der Waals surface area (Å²) in [5.41, 5.74) is 1.04. The van der Waals surface area contributed by atoms with E-state index in [0.717, 1.165) is 5.56 Å². The zero-order valence-electron chi connectivity index (χ0n) is 6.80. The van der Waals surface area contributed by atoms with Gasteiger partial charge in [-0.1, -0.05) is 17.7 Å². The number of rotatable bonds is 2. The monoisotopic (exact) mass is 180 g/mol. The van der Waals surface area contributed by atoms with E-state index in [2.05, 4.69) is 5.92 Å². The van der Waals surface area contributed by atoms with Crippen LogP contribution in [0.15, 0.2) is 18.2 Å². The van der Waals surface area contributed by atoms with Crippen LogP contribution in [0, 0.1) is 12.3 Å². The molecule has 12 heavy (non-hydrogen) atoms. The molecule has 0 atom stereocenters. The van der Waals surface area contributed by atoms with Crippen LogP contribution in [-0.2, 0) is 6.42 Å². The number of terminal acetylenes is 1. The van der Waals surface area contributed by atoms with E-state index in [1.807, 2.05) is 12.1 Å². The number of halogens is 1. The zero-order chi connectivity index (χ0) is 8.97. The largest absolute Gasteiger partial charge is 0.495 e. The Morgan fingerprint density at radius 1 is 1.58 bits per heavy atom. The Balaban J connectivity index is 2.98. The highest BCUT2D eigenvalue weighted by Crippen LogP contribution is 2.24. The fourth-order valence-corrected chi connectivity index (χ4v) is 1.13. The number of ether oxygens (including phenoxy) is 1. The van der Waals surface area contributed by atoms with Crippen LogP contribution in [0.3, 0.4) is 0 Å². The Kier molecular flexibility index (Phi) is 3.01. The smallest absolute Gasteiger partial charge is 0.137 e.